The summed E-state index contributed by atoms with van der Waals surface area (Å²) in [5.41, 5.74) is 2.17. The molecule has 1 unspecified atom stereocenters. The van der Waals surface area contributed by atoms with Crippen molar-refractivity contribution in [1.29, 1.82) is 0 Å². The number of fused-ring (bicyclic) bond motifs is 3. The molecule has 6 nitrogen and oxygen atoms in total. The van der Waals surface area contributed by atoms with Gasteiger partial charge in [-0.15, -0.1) is 0 Å². The molecule has 2 aliphatic heterocycles. The number of aromatic nitrogens is 2. The summed E-state index contributed by atoms with van der Waals surface area (Å²) in [5.74, 6) is 1.00. The van der Waals surface area contributed by atoms with Crippen molar-refractivity contribution in [3.05, 3.63) is 48.2 Å². The molecule has 4 heterocycles. The lowest BCUT2D eigenvalue weighted by molar-refractivity contribution is -0.132. The Hall–Kier alpha value is -2.51. The molecule has 2 aromatic heterocycles. The lowest BCUT2D eigenvalue weighted by Crippen LogP contribution is -2.55. The third-order valence-corrected chi connectivity index (χ3v) is 6.87. The zero-order valence-electron chi connectivity index (χ0n) is 16.5. The van der Waals surface area contributed by atoms with Gasteiger partial charge < -0.3 is 9.64 Å². The predicted molar refractivity (Wildman–Crippen MR) is 113 cm³/mol. The number of likely N-dealkylation sites (tertiary alicyclic amines) is 1. The highest BCUT2D eigenvalue weighted by Gasteiger charge is 2.40. The highest BCUT2D eigenvalue weighted by molar-refractivity contribution is 7.19. The molecule has 29 heavy (non-hydrogen) atoms. The summed E-state index contributed by atoms with van der Waals surface area (Å²) in [6, 6.07) is 13.2. The molecule has 0 spiro atoms. The van der Waals surface area contributed by atoms with E-state index in [1.807, 2.05) is 29.2 Å². The molecule has 0 saturated carbocycles. The quantitative estimate of drug-likeness (QED) is 0.644. The van der Waals surface area contributed by atoms with Crippen LogP contribution in [-0.4, -0.2) is 57.4 Å². The van der Waals surface area contributed by atoms with Crippen LogP contribution in [-0.2, 0) is 11.2 Å². The predicted octanol–water partition coefficient (Wildman–Crippen LogP) is 3.72. The number of hydrogen-bond donors (Lipinski definition) is 0. The number of benzene rings is 1. The minimum atomic E-state index is 0.209. The third kappa shape index (κ3) is 3.84. The SMILES string of the molecule is CC(=O)N1CC2CC[C@@H](C1)N2CCc1ccc(Oc2nc3cccnc3s2)cc1. The van der Waals surface area contributed by atoms with Crippen LogP contribution >= 0.6 is 11.3 Å². The Morgan fingerprint density at radius 3 is 2.62 bits per heavy atom. The largest absolute Gasteiger partial charge is 0.431 e. The highest BCUT2D eigenvalue weighted by Crippen LogP contribution is 2.31. The number of hydrogen-bond acceptors (Lipinski definition) is 6. The molecule has 2 atom stereocenters. The van der Waals surface area contributed by atoms with Gasteiger partial charge in [0.2, 0.25) is 5.91 Å². The van der Waals surface area contributed by atoms with Crippen LogP contribution in [0.25, 0.3) is 10.3 Å². The first kappa shape index (κ1) is 18.5. The van der Waals surface area contributed by atoms with E-state index in [-0.39, 0.29) is 5.91 Å². The van der Waals surface area contributed by atoms with E-state index in [2.05, 4.69) is 27.0 Å². The molecular weight excluding hydrogens is 384 g/mol. The second-order valence-electron chi connectivity index (χ2n) is 7.85. The number of amides is 1. The van der Waals surface area contributed by atoms with Crippen molar-refractivity contribution in [2.75, 3.05) is 19.6 Å². The molecule has 3 aromatic rings. The maximum atomic E-state index is 11.7. The van der Waals surface area contributed by atoms with Gasteiger partial charge in [0.05, 0.1) is 0 Å². The van der Waals surface area contributed by atoms with Crippen LogP contribution in [0.2, 0.25) is 0 Å². The van der Waals surface area contributed by atoms with Gasteiger partial charge in [0.25, 0.3) is 5.19 Å². The van der Waals surface area contributed by atoms with Gasteiger partial charge in [0, 0.05) is 44.8 Å². The Bertz CT molecular complexity index is 972. The van der Waals surface area contributed by atoms with E-state index in [1.165, 1.54) is 29.7 Å². The fourth-order valence-electron chi connectivity index (χ4n) is 4.49. The number of ether oxygens (including phenoxy) is 1. The molecular formula is C22H24N4O2S. The van der Waals surface area contributed by atoms with E-state index in [4.69, 9.17) is 4.74 Å². The Morgan fingerprint density at radius 1 is 1.17 bits per heavy atom. The Kier molecular flexibility index (Phi) is 4.93. The van der Waals surface area contributed by atoms with Crippen molar-refractivity contribution in [3.63, 3.8) is 0 Å². The molecule has 0 N–H and O–H groups in total. The fourth-order valence-corrected chi connectivity index (χ4v) is 5.27. The van der Waals surface area contributed by atoms with Gasteiger partial charge in [0.1, 0.15) is 16.1 Å². The number of carbonyl (C=O) groups excluding carboxylic acids is 1. The Morgan fingerprint density at radius 2 is 1.93 bits per heavy atom. The van der Waals surface area contributed by atoms with Crippen LogP contribution in [0, 0.1) is 0 Å². The van der Waals surface area contributed by atoms with Crippen molar-refractivity contribution in [2.45, 2.75) is 38.3 Å². The zero-order chi connectivity index (χ0) is 19.8. The lowest BCUT2D eigenvalue weighted by Gasteiger charge is -2.40. The molecule has 7 heteroatoms. The van der Waals surface area contributed by atoms with Gasteiger partial charge in [-0.3, -0.25) is 9.69 Å². The van der Waals surface area contributed by atoms with Gasteiger partial charge >= 0.3 is 0 Å². The van der Waals surface area contributed by atoms with Gasteiger partial charge in [-0.05, 0) is 49.1 Å². The van der Waals surface area contributed by atoms with Gasteiger partial charge in [-0.1, -0.05) is 23.5 Å². The first-order valence-corrected chi connectivity index (χ1v) is 11.0. The number of nitrogens with zero attached hydrogens (tertiary/aromatic N) is 4. The van der Waals surface area contributed by atoms with E-state index in [1.54, 1.807) is 13.1 Å². The van der Waals surface area contributed by atoms with Crippen molar-refractivity contribution in [2.24, 2.45) is 0 Å². The number of carbonyl (C=O) groups is 1. The topological polar surface area (TPSA) is 58.6 Å². The summed E-state index contributed by atoms with van der Waals surface area (Å²) < 4.78 is 5.91. The number of rotatable bonds is 5. The fraction of sp³-hybridized carbons (Fsp3) is 0.409. The molecule has 2 bridgehead atoms. The average molecular weight is 409 g/mol. The molecule has 5 rings (SSSR count). The second kappa shape index (κ2) is 7.72. The summed E-state index contributed by atoms with van der Waals surface area (Å²) in [6.07, 6.45) is 5.19. The summed E-state index contributed by atoms with van der Waals surface area (Å²) in [4.78, 5) is 26.0. The highest BCUT2D eigenvalue weighted by atomic mass is 32.1. The third-order valence-electron chi connectivity index (χ3n) is 6.01. The van der Waals surface area contributed by atoms with Crippen LogP contribution in [0.15, 0.2) is 42.6 Å². The number of thiazole rings is 1. The van der Waals surface area contributed by atoms with Crippen LogP contribution in [0.1, 0.15) is 25.3 Å². The van der Waals surface area contributed by atoms with Crippen molar-refractivity contribution < 1.29 is 9.53 Å². The minimum Gasteiger partial charge on any atom is -0.431 e. The Labute approximate surface area is 174 Å². The zero-order valence-corrected chi connectivity index (χ0v) is 17.3. The van der Waals surface area contributed by atoms with Gasteiger partial charge in [0.15, 0.2) is 0 Å². The van der Waals surface area contributed by atoms with E-state index in [0.29, 0.717) is 17.3 Å². The summed E-state index contributed by atoms with van der Waals surface area (Å²) >= 11 is 1.46. The van der Waals surface area contributed by atoms with Gasteiger partial charge in [-0.2, -0.15) is 0 Å². The average Bonchev–Trinajstić information content (AvgIpc) is 3.23. The van der Waals surface area contributed by atoms with Crippen LogP contribution in [0.4, 0.5) is 0 Å². The van der Waals surface area contributed by atoms with E-state index >= 15 is 0 Å². The second-order valence-corrected chi connectivity index (χ2v) is 8.79. The molecule has 0 radical (unpaired) electrons. The molecule has 0 aliphatic carbocycles. The first-order valence-electron chi connectivity index (χ1n) is 10.2. The lowest BCUT2D eigenvalue weighted by atomic mass is 10.1. The summed E-state index contributed by atoms with van der Waals surface area (Å²) in [7, 11) is 0. The summed E-state index contributed by atoms with van der Waals surface area (Å²) in [6.45, 7) is 4.50. The first-order chi connectivity index (χ1) is 14.2. The van der Waals surface area contributed by atoms with Crippen molar-refractivity contribution >= 4 is 27.6 Å². The smallest absolute Gasteiger partial charge is 0.281 e. The normalized spacial score (nSPS) is 21.6. The molecule has 2 saturated heterocycles. The standard InChI is InChI=1S/C22H24N4O2S/c1-15(27)25-13-17-6-7-18(14-25)26(17)12-10-16-4-8-19(9-5-16)28-22-24-20-3-2-11-23-21(20)29-22/h2-5,8-9,11,17-18H,6-7,10,12-14H2,1H3/t17-,18?/m0/s1. The van der Waals surface area contributed by atoms with Crippen molar-refractivity contribution in [3.8, 4) is 10.9 Å². The molecule has 150 valence electrons. The maximum Gasteiger partial charge on any atom is 0.281 e. The van der Waals surface area contributed by atoms with Crippen LogP contribution in [0.5, 0.6) is 10.9 Å². The van der Waals surface area contributed by atoms with E-state index in [9.17, 15) is 4.79 Å². The molecule has 1 aromatic carbocycles. The molecule has 2 fully saturated rings. The Balaban J connectivity index is 1.19. The monoisotopic (exact) mass is 408 g/mol. The van der Waals surface area contributed by atoms with Crippen LogP contribution < -0.4 is 4.74 Å². The van der Waals surface area contributed by atoms with Crippen molar-refractivity contribution in [1.82, 2.24) is 19.8 Å². The summed E-state index contributed by atoms with van der Waals surface area (Å²) in [5, 5.41) is 0.617. The molecule has 2 aliphatic rings. The van der Waals surface area contributed by atoms with Crippen LogP contribution in [0.3, 0.4) is 0 Å². The van der Waals surface area contributed by atoms with E-state index in [0.717, 1.165) is 42.2 Å². The maximum absolute atomic E-state index is 11.7. The minimum absolute atomic E-state index is 0.209. The number of piperazine rings is 1. The van der Waals surface area contributed by atoms with E-state index < -0.39 is 0 Å². The molecule has 1 amide bonds. The number of pyridine rings is 1. The van der Waals surface area contributed by atoms with Gasteiger partial charge in [-0.25, -0.2) is 9.97 Å².